The van der Waals surface area contributed by atoms with E-state index < -0.39 is 0 Å². The van der Waals surface area contributed by atoms with Crippen LogP contribution in [0.25, 0.3) is 10.8 Å². The van der Waals surface area contributed by atoms with Crippen LogP contribution in [0.4, 0.5) is 4.79 Å². The van der Waals surface area contributed by atoms with Crippen molar-refractivity contribution < 1.29 is 14.6 Å². The van der Waals surface area contributed by atoms with Gasteiger partial charge in [-0.2, -0.15) is 0 Å². The number of hydrogen-bond donors (Lipinski definition) is 2. The number of carbonyl (C=O) groups is 1. The van der Waals surface area contributed by atoms with Gasteiger partial charge in [-0.1, -0.05) is 36.4 Å². The van der Waals surface area contributed by atoms with Gasteiger partial charge in [-0.25, -0.2) is 4.79 Å². The fourth-order valence-electron chi connectivity index (χ4n) is 3.99. The number of likely N-dealkylation sites (tertiary alicyclic amines) is 1. The highest BCUT2D eigenvalue weighted by atomic mass is 16.5. The van der Waals surface area contributed by atoms with Gasteiger partial charge in [0.1, 0.15) is 5.75 Å². The molecule has 0 aromatic heterocycles. The van der Waals surface area contributed by atoms with Crippen LogP contribution in [0.15, 0.2) is 36.4 Å². The summed E-state index contributed by atoms with van der Waals surface area (Å²) in [7, 11) is 0. The monoisotopic (exact) mass is 340 g/mol. The van der Waals surface area contributed by atoms with Crippen LogP contribution in [0.5, 0.6) is 5.75 Å². The molecule has 2 aliphatic heterocycles. The van der Waals surface area contributed by atoms with Crippen LogP contribution in [-0.2, 0) is 0 Å². The normalized spacial score (nSPS) is 23.0. The van der Waals surface area contributed by atoms with Gasteiger partial charge in [0.2, 0.25) is 0 Å². The Hall–Kier alpha value is -2.27. The summed E-state index contributed by atoms with van der Waals surface area (Å²) in [4.78, 5) is 14.5. The second kappa shape index (κ2) is 6.92. The van der Waals surface area contributed by atoms with Crippen molar-refractivity contribution in [3.05, 3.63) is 42.0 Å². The first-order chi connectivity index (χ1) is 12.3. The standard InChI is InChI=1S/C20H24N2O3/c23-13-15-6-3-11-22(15)20(24)21-18-8-4-12-25-19-16-7-2-1-5-14(16)9-10-17(18)19/h1-2,5,7,9-10,15,18,23H,3-4,6,8,11-13H2,(H,21,24). The van der Waals surface area contributed by atoms with Gasteiger partial charge in [0.05, 0.1) is 25.3 Å². The van der Waals surface area contributed by atoms with E-state index in [1.807, 2.05) is 12.1 Å². The zero-order valence-electron chi connectivity index (χ0n) is 14.3. The summed E-state index contributed by atoms with van der Waals surface area (Å²) in [6.07, 6.45) is 3.58. The Morgan fingerprint density at radius 3 is 2.96 bits per heavy atom. The molecule has 132 valence electrons. The average Bonchev–Trinajstić information content (AvgIpc) is 3.04. The molecule has 0 saturated carbocycles. The van der Waals surface area contributed by atoms with Crippen molar-refractivity contribution in [1.82, 2.24) is 10.2 Å². The summed E-state index contributed by atoms with van der Waals surface area (Å²) in [5.74, 6) is 0.890. The van der Waals surface area contributed by atoms with Gasteiger partial charge in [-0.3, -0.25) is 0 Å². The molecule has 0 radical (unpaired) electrons. The molecule has 2 amide bonds. The maximum atomic E-state index is 12.7. The molecule has 2 atom stereocenters. The SMILES string of the molecule is O=C(NC1CCCOc2c1ccc1ccccc21)N1CCCC1CO. The summed E-state index contributed by atoms with van der Waals surface area (Å²) in [6, 6.07) is 12.1. The fraction of sp³-hybridized carbons (Fsp3) is 0.450. The number of rotatable bonds is 2. The molecule has 2 heterocycles. The van der Waals surface area contributed by atoms with Gasteiger partial charge in [0, 0.05) is 17.5 Å². The van der Waals surface area contributed by atoms with Crippen molar-refractivity contribution in [3.8, 4) is 5.75 Å². The topological polar surface area (TPSA) is 61.8 Å². The number of carbonyl (C=O) groups excluding carboxylic acids is 1. The van der Waals surface area contributed by atoms with Crippen LogP contribution in [0, 0.1) is 0 Å². The van der Waals surface area contributed by atoms with E-state index in [1.165, 1.54) is 0 Å². The number of nitrogens with zero attached hydrogens (tertiary/aromatic N) is 1. The van der Waals surface area contributed by atoms with Crippen molar-refractivity contribution in [2.45, 2.75) is 37.8 Å². The number of ether oxygens (including phenoxy) is 1. The number of aliphatic hydroxyl groups excluding tert-OH is 1. The van der Waals surface area contributed by atoms with E-state index in [9.17, 15) is 9.90 Å². The number of aliphatic hydroxyl groups is 1. The summed E-state index contributed by atoms with van der Waals surface area (Å²) in [6.45, 7) is 1.41. The first-order valence-corrected chi connectivity index (χ1v) is 9.10. The second-order valence-electron chi connectivity index (χ2n) is 6.87. The number of hydrogen-bond acceptors (Lipinski definition) is 3. The highest BCUT2D eigenvalue weighted by Crippen LogP contribution is 2.37. The molecule has 5 heteroatoms. The molecule has 0 aliphatic carbocycles. The van der Waals surface area contributed by atoms with Crippen LogP contribution < -0.4 is 10.1 Å². The number of amides is 2. The summed E-state index contributed by atoms with van der Waals surface area (Å²) in [5.41, 5.74) is 1.05. The molecule has 0 bridgehead atoms. The molecule has 2 unspecified atom stereocenters. The Morgan fingerprint density at radius 2 is 2.08 bits per heavy atom. The lowest BCUT2D eigenvalue weighted by molar-refractivity contribution is 0.154. The summed E-state index contributed by atoms with van der Waals surface area (Å²) >= 11 is 0. The highest BCUT2D eigenvalue weighted by molar-refractivity contribution is 5.90. The lowest BCUT2D eigenvalue weighted by atomic mass is 9.98. The van der Waals surface area contributed by atoms with Crippen molar-refractivity contribution in [2.24, 2.45) is 0 Å². The third-order valence-electron chi connectivity index (χ3n) is 5.32. The largest absolute Gasteiger partial charge is 0.493 e. The Balaban J connectivity index is 1.63. The third-order valence-corrected chi connectivity index (χ3v) is 5.32. The van der Waals surface area contributed by atoms with Crippen molar-refractivity contribution in [1.29, 1.82) is 0 Å². The Bertz CT molecular complexity index is 777. The van der Waals surface area contributed by atoms with E-state index >= 15 is 0 Å². The minimum Gasteiger partial charge on any atom is -0.493 e. The van der Waals surface area contributed by atoms with Crippen LogP contribution in [-0.4, -0.2) is 41.8 Å². The summed E-state index contributed by atoms with van der Waals surface area (Å²) < 4.78 is 6.04. The van der Waals surface area contributed by atoms with Gasteiger partial charge >= 0.3 is 6.03 Å². The molecule has 2 aromatic rings. The van der Waals surface area contributed by atoms with Crippen molar-refractivity contribution in [3.63, 3.8) is 0 Å². The maximum Gasteiger partial charge on any atom is 0.318 e. The smallest absolute Gasteiger partial charge is 0.318 e. The minimum absolute atomic E-state index is 0.0302. The molecule has 1 fully saturated rings. The van der Waals surface area contributed by atoms with Gasteiger partial charge in [0.15, 0.2) is 0 Å². The zero-order chi connectivity index (χ0) is 17.2. The van der Waals surface area contributed by atoms with Crippen LogP contribution in [0.3, 0.4) is 0 Å². The van der Waals surface area contributed by atoms with Crippen LogP contribution in [0.1, 0.15) is 37.3 Å². The highest BCUT2D eigenvalue weighted by Gasteiger charge is 2.31. The van der Waals surface area contributed by atoms with E-state index in [2.05, 4.69) is 29.6 Å². The lowest BCUT2D eigenvalue weighted by Gasteiger charge is -2.27. The van der Waals surface area contributed by atoms with Crippen LogP contribution >= 0.6 is 0 Å². The van der Waals surface area contributed by atoms with Gasteiger partial charge in [-0.05, 0) is 31.1 Å². The molecular formula is C20H24N2O3. The van der Waals surface area contributed by atoms with E-state index in [4.69, 9.17) is 4.74 Å². The lowest BCUT2D eigenvalue weighted by Crippen LogP contribution is -2.45. The molecule has 2 N–H and O–H groups in total. The molecule has 2 aliphatic rings. The van der Waals surface area contributed by atoms with Gasteiger partial charge < -0.3 is 20.1 Å². The zero-order valence-corrected chi connectivity index (χ0v) is 14.3. The minimum atomic E-state index is -0.0810. The predicted octanol–water partition coefficient (Wildman–Crippen LogP) is 3.22. The van der Waals surface area contributed by atoms with Gasteiger partial charge in [0.25, 0.3) is 0 Å². The fourth-order valence-corrected chi connectivity index (χ4v) is 3.99. The molecule has 4 rings (SSSR count). The molecular weight excluding hydrogens is 316 g/mol. The Kier molecular flexibility index (Phi) is 4.49. The van der Waals surface area contributed by atoms with E-state index in [-0.39, 0.29) is 24.7 Å². The number of benzene rings is 2. The predicted molar refractivity (Wildman–Crippen MR) is 96.8 cm³/mol. The number of fused-ring (bicyclic) bond motifs is 3. The Morgan fingerprint density at radius 1 is 1.20 bits per heavy atom. The van der Waals surface area contributed by atoms with Crippen LogP contribution in [0.2, 0.25) is 0 Å². The number of urea groups is 1. The number of nitrogens with one attached hydrogen (secondary N) is 1. The summed E-state index contributed by atoms with van der Waals surface area (Å²) in [5, 5.41) is 14.9. The first kappa shape index (κ1) is 16.2. The molecule has 0 spiro atoms. The molecule has 1 saturated heterocycles. The maximum absolute atomic E-state index is 12.7. The van der Waals surface area contributed by atoms with Crippen molar-refractivity contribution in [2.75, 3.05) is 19.8 Å². The molecule has 25 heavy (non-hydrogen) atoms. The third kappa shape index (κ3) is 3.04. The quantitative estimate of drug-likeness (QED) is 0.882. The average molecular weight is 340 g/mol. The first-order valence-electron chi connectivity index (χ1n) is 9.10. The van der Waals surface area contributed by atoms with E-state index in [0.717, 1.165) is 47.8 Å². The molecule has 5 nitrogen and oxygen atoms in total. The van der Waals surface area contributed by atoms with Crippen molar-refractivity contribution >= 4 is 16.8 Å². The second-order valence-corrected chi connectivity index (χ2v) is 6.87. The Labute approximate surface area is 147 Å². The van der Waals surface area contributed by atoms with Gasteiger partial charge in [-0.15, -0.1) is 0 Å². The van der Waals surface area contributed by atoms with E-state index in [0.29, 0.717) is 13.2 Å². The van der Waals surface area contributed by atoms with E-state index in [1.54, 1.807) is 4.90 Å². The molecule has 2 aromatic carbocycles.